The molecule has 0 aliphatic heterocycles. The van der Waals surface area contributed by atoms with E-state index < -0.39 is 0 Å². The van der Waals surface area contributed by atoms with Crippen molar-refractivity contribution in [2.45, 2.75) is 33.2 Å². The Kier molecular flexibility index (Phi) is 3.59. The first-order valence-corrected chi connectivity index (χ1v) is 7.06. The molecule has 0 radical (unpaired) electrons. The van der Waals surface area contributed by atoms with Gasteiger partial charge in [0.1, 0.15) is 0 Å². The number of hydrogen-bond acceptors (Lipinski definition) is 1. The molecule has 1 aliphatic carbocycles. The molecule has 2 atom stereocenters. The first kappa shape index (κ1) is 12.4. The highest BCUT2D eigenvalue weighted by Gasteiger charge is 2.44. The van der Waals surface area contributed by atoms with Crippen LogP contribution >= 0.6 is 22.6 Å². The molecule has 88 valence electrons. The van der Waals surface area contributed by atoms with E-state index in [1.807, 2.05) is 0 Å². The van der Waals surface area contributed by atoms with Gasteiger partial charge >= 0.3 is 0 Å². The van der Waals surface area contributed by atoms with Crippen LogP contribution in [0, 0.1) is 14.9 Å². The third-order valence-electron chi connectivity index (χ3n) is 3.76. The van der Waals surface area contributed by atoms with Crippen LogP contribution in [-0.4, -0.2) is 6.54 Å². The van der Waals surface area contributed by atoms with Gasteiger partial charge in [-0.2, -0.15) is 0 Å². The number of rotatable bonds is 4. The molecule has 0 saturated heterocycles. The van der Waals surface area contributed by atoms with Gasteiger partial charge in [-0.05, 0) is 71.5 Å². The topological polar surface area (TPSA) is 12.0 Å². The minimum Gasteiger partial charge on any atom is -0.310 e. The van der Waals surface area contributed by atoms with Crippen LogP contribution < -0.4 is 5.32 Å². The standard InChI is InChI=1S/C14H20IN/c1-10(11-4-6-13(15)7-5-11)16-9-12-8-14(12,2)3/h4-7,10,12,16H,8-9H2,1-3H3. The van der Waals surface area contributed by atoms with Gasteiger partial charge in [0.25, 0.3) is 0 Å². The van der Waals surface area contributed by atoms with E-state index in [0.717, 1.165) is 12.5 Å². The number of hydrogen-bond donors (Lipinski definition) is 1. The van der Waals surface area contributed by atoms with Crippen molar-refractivity contribution in [1.29, 1.82) is 0 Å². The quantitative estimate of drug-likeness (QED) is 0.824. The molecule has 1 N–H and O–H groups in total. The lowest BCUT2D eigenvalue weighted by Gasteiger charge is -2.15. The second-order valence-electron chi connectivity index (χ2n) is 5.57. The van der Waals surface area contributed by atoms with Gasteiger partial charge in [-0.3, -0.25) is 0 Å². The third kappa shape index (κ3) is 2.98. The predicted molar refractivity (Wildman–Crippen MR) is 77.5 cm³/mol. The third-order valence-corrected chi connectivity index (χ3v) is 4.48. The zero-order chi connectivity index (χ0) is 11.8. The predicted octanol–water partition coefficient (Wildman–Crippen LogP) is 3.99. The van der Waals surface area contributed by atoms with E-state index >= 15 is 0 Å². The number of nitrogens with one attached hydrogen (secondary N) is 1. The van der Waals surface area contributed by atoms with Crippen LogP contribution in [0.15, 0.2) is 24.3 Å². The summed E-state index contributed by atoms with van der Waals surface area (Å²) in [4.78, 5) is 0. The molecule has 0 aromatic heterocycles. The Balaban J connectivity index is 1.84. The van der Waals surface area contributed by atoms with E-state index in [4.69, 9.17) is 0 Å². The van der Waals surface area contributed by atoms with Crippen LogP contribution in [0.5, 0.6) is 0 Å². The van der Waals surface area contributed by atoms with E-state index in [9.17, 15) is 0 Å². The zero-order valence-corrected chi connectivity index (χ0v) is 12.4. The van der Waals surface area contributed by atoms with Crippen molar-refractivity contribution in [3.05, 3.63) is 33.4 Å². The van der Waals surface area contributed by atoms with Gasteiger partial charge in [-0.1, -0.05) is 26.0 Å². The fraction of sp³-hybridized carbons (Fsp3) is 0.571. The minimum atomic E-state index is 0.466. The van der Waals surface area contributed by atoms with Gasteiger partial charge in [-0.25, -0.2) is 0 Å². The summed E-state index contributed by atoms with van der Waals surface area (Å²) in [6.45, 7) is 8.11. The summed E-state index contributed by atoms with van der Waals surface area (Å²) in [7, 11) is 0. The van der Waals surface area contributed by atoms with Gasteiger partial charge in [0, 0.05) is 9.61 Å². The molecule has 1 aromatic carbocycles. The average Bonchev–Trinajstić information content (AvgIpc) is 2.84. The van der Waals surface area contributed by atoms with Crippen molar-refractivity contribution >= 4 is 22.6 Å². The lowest BCUT2D eigenvalue weighted by Crippen LogP contribution is -2.22. The maximum absolute atomic E-state index is 3.63. The summed E-state index contributed by atoms with van der Waals surface area (Å²) in [5.41, 5.74) is 1.97. The summed E-state index contributed by atoms with van der Waals surface area (Å²) in [5, 5.41) is 3.63. The molecule has 1 aromatic rings. The van der Waals surface area contributed by atoms with Crippen molar-refractivity contribution < 1.29 is 0 Å². The average molecular weight is 329 g/mol. The molecule has 2 rings (SSSR count). The molecule has 0 heterocycles. The Labute approximate surface area is 112 Å². The summed E-state index contributed by atoms with van der Waals surface area (Å²) < 4.78 is 1.30. The van der Waals surface area contributed by atoms with Crippen LogP contribution in [-0.2, 0) is 0 Å². The van der Waals surface area contributed by atoms with Crippen molar-refractivity contribution in [2.75, 3.05) is 6.54 Å². The number of halogens is 1. The van der Waals surface area contributed by atoms with Gasteiger partial charge in [0.05, 0.1) is 0 Å². The maximum Gasteiger partial charge on any atom is 0.0291 e. The Morgan fingerprint density at radius 3 is 2.44 bits per heavy atom. The van der Waals surface area contributed by atoms with Crippen LogP contribution in [0.25, 0.3) is 0 Å². The van der Waals surface area contributed by atoms with Crippen LogP contribution in [0.4, 0.5) is 0 Å². The summed E-state index contributed by atoms with van der Waals surface area (Å²) in [6.07, 6.45) is 1.37. The van der Waals surface area contributed by atoms with E-state index in [1.54, 1.807) is 0 Å². The number of benzene rings is 1. The molecular weight excluding hydrogens is 309 g/mol. The van der Waals surface area contributed by atoms with Crippen molar-refractivity contribution in [1.82, 2.24) is 5.32 Å². The Morgan fingerprint density at radius 1 is 1.38 bits per heavy atom. The largest absolute Gasteiger partial charge is 0.310 e. The van der Waals surface area contributed by atoms with Crippen molar-refractivity contribution in [2.24, 2.45) is 11.3 Å². The molecular formula is C14H20IN. The lowest BCUT2D eigenvalue weighted by atomic mass is 10.1. The second kappa shape index (κ2) is 4.65. The SMILES string of the molecule is CC(NCC1CC1(C)C)c1ccc(I)cc1. The van der Waals surface area contributed by atoms with Gasteiger partial charge < -0.3 is 5.32 Å². The fourth-order valence-corrected chi connectivity index (χ4v) is 2.47. The summed E-state index contributed by atoms with van der Waals surface area (Å²) >= 11 is 2.35. The lowest BCUT2D eigenvalue weighted by molar-refractivity contribution is 0.485. The van der Waals surface area contributed by atoms with E-state index in [2.05, 4.69) is 72.9 Å². The maximum atomic E-state index is 3.63. The molecule has 2 heteroatoms. The highest BCUT2D eigenvalue weighted by molar-refractivity contribution is 14.1. The first-order valence-electron chi connectivity index (χ1n) is 5.98. The molecule has 1 aliphatic rings. The minimum absolute atomic E-state index is 0.466. The normalized spacial score (nSPS) is 24.1. The molecule has 16 heavy (non-hydrogen) atoms. The second-order valence-corrected chi connectivity index (χ2v) is 6.82. The molecule has 0 spiro atoms. The van der Waals surface area contributed by atoms with E-state index in [0.29, 0.717) is 11.5 Å². The van der Waals surface area contributed by atoms with Gasteiger partial charge in [0.15, 0.2) is 0 Å². The van der Waals surface area contributed by atoms with Gasteiger partial charge in [0.2, 0.25) is 0 Å². The van der Waals surface area contributed by atoms with Crippen molar-refractivity contribution in [3.8, 4) is 0 Å². The van der Waals surface area contributed by atoms with Crippen LogP contribution in [0.3, 0.4) is 0 Å². The summed E-state index contributed by atoms with van der Waals surface area (Å²) in [5.74, 6) is 0.874. The van der Waals surface area contributed by atoms with E-state index in [1.165, 1.54) is 15.6 Å². The van der Waals surface area contributed by atoms with Gasteiger partial charge in [-0.15, -0.1) is 0 Å². The zero-order valence-electron chi connectivity index (χ0n) is 10.3. The first-order chi connectivity index (χ1) is 7.49. The highest BCUT2D eigenvalue weighted by atomic mass is 127. The molecule has 0 amide bonds. The molecule has 2 unspecified atom stereocenters. The monoisotopic (exact) mass is 329 g/mol. The Hall–Kier alpha value is -0.0900. The fourth-order valence-electron chi connectivity index (χ4n) is 2.11. The molecule has 1 saturated carbocycles. The van der Waals surface area contributed by atoms with Crippen molar-refractivity contribution in [3.63, 3.8) is 0 Å². The highest BCUT2D eigenvalue weighted by Crippen LogP contribution is 2.51. The molecule has 1 fully saturated rings. The van der Waals surface area contributed by atoms with E-state index in [-0.39, 0.29) is 0 Å². The van der Waals surface area contributed by atoms with Crippen LogP contribution in [0.2, 0.25) is 0 Å². The summed E-state index contributed by atoms with van der Waals surface area (Å²) in [6, 6.07) is 9.26. The molecule has 1 nitrogen and oxygen atoms in total. The Morgan fingerprint density at radius 2 is 1.94 bits per heavy atom. The Bertz CT molecular complexity index is 356. The van der Waals surface area contributed by atoms with Crippen LogP contribution in [0.1, 0.15) is 38.8 Å². The smallest absolute Gasteiger partial charge is 0.0291 e. The molecule has 0 bridgehead atoms.